The van der Waals surface area contributed by atoms with Crippen molar-refractivity contribution in [3.8, 4) is 16.9 Å². The van der Waals surface area contributed by atoms with Gasteiger partial charge in [-0.15, -0.1) is 4.94 Å². The van der Waals surface area contributed by atoms with Gasteiger partial charge in [-0.2, -0.15) is 10.1 Å². The second kappa shape index (κ2) is 14.3. The average molecular weight is 759 g/mol. The molecule has 5 nitrogen and oxygen atoms in total. The van der Waals surface area contributed by atoms with E-state index in [0.717, 1.165) is 73.0 Å². The van der Waals surface area contributed by atoms with Gasteiger partial charge in [-0.1, -0.05) is 164 Å². The Bertz CT molecular complexity index is 3050. The van der Waals surface area contributed by atoms with E-state index in [2.05, 4.69) is 211 Å². The SMILES string of the molecule is c1ccc(-c2ccnc(-n3c4ccccc4c4ccc(C(c5ccccc5)(c5ccccc5)c5cccc(N6ON(c7ccccc7)c7ccccc76)c5)cc43)c2)cc1. The van der Waals surface area contributed by atoms with E-state index in [0.29, 0.717) is 0 Å². The molecule has 1 aliphatic heterocycles. The standard InChI is InChI=1S/C54H38N4O/c1-5-18-39(19-6-1)40-34-35-55-53(36-40)56-49-29-14-13-28-47(49)48-33-32-44(38-52(48)56)54(41-20-7-2-8-21-41,42-22-9-3-10-23-42)43-24-17-27-46(37-43)58-51-31-16-15-30-50(51)57(59-58)45-25-11-4-12-26-45/h1-38H. The van der Waals surface area contributed by atoms with Gasteiger partial charge < -0.3 is 0 Å². The van der Waals surface area contributed by atoms with E-state index in [-0.39, 0.29) is 0 Å². The third-order valence-corrected chi connectivity index (χ3v) is 11.6. The lowest BCUT2D eigenvalue weighted by molar-refractivity contribution is 0.156. The van der Waals surface area contributed by atoms with Gasteiger partial charge >= 0.3 is 0 Å². The lowest BCUT2D eigenvalue weighted by atomic mass is 9.65. The molecular formula is C54H38N4O. The fraction of sp³-hybridized carbons (Fsp3) is 0.0185. The van der Waals surface area contributed by atoms with Crippen molar-refractivity contribution in [2.75, 3.05) is 10.1 Å². The number of rotatable bonds is 8. The van der Waals surface area contributed by atoms with E-state index in [1.54, 1.807) is 0 Å². The van der Waals surface area contributed by atoms with E-state index in [9.17, 15) is 0 Å². The van der Waals surface area contributed by atoms with Crippen LogP contribution in [0.1, 0.15) is 22.3 Å². The van der Waals surface area contributed by atoms with Crippen LogP contribution in [0.3, 0.4) is 0 Å². The molecule has 3 heterocycles. The Balaban J connectivity index is 1.15. The first kappa shape index (κ1) is 34.5. The minimum atomic E-state index is -0.730. The van der Waals surface area contributed by atoms with Crippen molar-refractivity contribution in [1.82, 2.24) is 9.55 Å². The van der Waals surface area contributed by atoms with Gasteiger partial charge in [0.15, 0.2) is 0 Å². The zero-order chi connectivity index (χ0) is 39.2. The first-order valence-electron chi connectivity index (χ1n) is 20.0. The summed E-state index contributed by atoms with van der Waals surface area (Å²) in [6, 6.07) is 79.6. The molecule has 1 aliphatic rings. The topological polar surface area (TPSA) is 33.5 Å². The van der Waals surface area contributed by atoms with Crippen LogP contribution in [0.25, 0.3) is 38.8 Å². The monoisotopic (exact) mass is 758 g/mol. The maximum absolute atomic E-state index is 6.74. The normalized spacial score (nSPS) is 12.6. The largest absolute Gasteiger partial charge is 0.294 e. The molecule has 0 saturated carbocycles. The second-order valence-electron chi connectivity index (χ2n) is 14.9. The number of hydrogen-bond acceptors (Lipinski definition) is 4. The highest BCUT2D eigenvalue weighted by Gasteiger charge is 2.40. The second-order valence-corrected chi connectivity index (χ2v) is 14.9. The summed E-state index contributed by atoms with van der Waals surface area (Å²) in [6.45, 7) is 0. The summed E-state index contributed by atoms with van der Waals surface area (Å²) in [5.74, 6) is 0.870. The summed E-state index contributed by atoms with van der Waals surface area (Å²) in [5, 5.41) is 6.19. The van der Waals surface area contributed by atoms with E-state index in [1.165, 1.54) is 10.8 Å². The summed E-state index contributed by atoms with van der Waals surface area (Å²) in [7, 11) is 0. The minimum Gasteiger partial charge on any atom is -0.294 e. The highest BCUT2D eigenvalue weighted by Crippen LogP contribution is 2.50. The fourth-order valence-corrected chi connectivity index (χ4v) is 8.96. The highest BCUT2D eigenvalue weighted by molar-refractivity contribution is 6.09. The Morgan fingerprint density at radius 1 is 0.373 bits per heavy atom. The van der Waals surface area contributed by atoms with E-state index in [1.807, 2.05) is 34.5 Å². The summed E-state index contributed by atoms with van der Waals surface area (Å²) in [6.07, 6.45) is 1.92. The quantitative estimate of drug-likeness (QED) is 0.145. The number of aromatic nitrogens is 2. The zero-order valence-corrected chi connectivity index (χ0v) is 32.1. The minimum absolute atomic E-state index is 0.730. The lowest BCUT2D eigenvalue weighted by Crippen LogP contribution is -2.31. The maximum atomic E-state index is 6.74. The van der Waals surface area contributed by atoms with Crippen molar-refractivity contribution in [2.45, 2.75) is 5.41 Å². The molecule has 2 aromatic heterocycles. The molecule has 0 fully saturated rings. The van der Waals surface area contributed by atoms with Crippen LogP contribution in [0.2, 0.25) is 0 Å². The molecule has 0 amide bonds. The molecule has 0 spiro atoms. The van der Waals surface area contributed by atoms with Gasteiger partial charge in [0, 0.05) is 17.0 Å². The van der Waals surface area contributed by atoms with Crippen molar-refractivity contribution >= 4 is 44.6 Å². The molecule has 0 atom stereocenters. The van der Waals surface area contributed by atoms with Crippen LogP contribution in [-0.2, 0) is 10.4 Å². The molecule has 0 N–H and O–H groups in total. The molecule has 10 aromatic rings. The Morgan fingerprint density at radius 3 is 1.63 bits per heavy atom. The number of hydrogen-bond donors (Lipinski definition) is 0. The average Bonchev–Trinajstić information content (AvgIpc) is 3.87. The van der Waals surface area contributed by atoms with E-state index < -0.39 is 5.41 Å². The first-order chi connectivity index (χ1) is 29.3. The number of anilines is 4. The third-order valence-electron chi connectivity index (χ3n) is 11.6. The molecule has 0 radical (unpaired) electrons. The lowest BCUT2D eigenvalue weighted by Gasteiger charge is -2.37. The van der Waals surface area contributed by atoms with Crippen LogP contribution >= 0.6 is 0 Å². The van der Waals surface area contributed by atoms with Crippen LogP contribution in [0.15, 0.2) is 231 Å². The van der Waals surface area contributed by atoms with Gasteiger partial charge in [0.25, 0.3) is 0 Å². The molecule has 0 aliphatic carbocycles. The summed E-state index contributed by atoms with van der Waals surface area (Å²) in [4.78, 5) is 11.8. The first-order valence-corrected chi connectivity index (χ1v) is 20.0. The van der Waals surface area contributed by atoms with Crippen molar-refractivity contribution in [2.24, 2.45) is 0 Å². The predicted octanol–water partition coefficient (Wildman–Crippen LogP) is 13.4. The van der Waals surface area contributed by atoms with Gasteiger partial charge in [0.05, 0.1) is 39.2 Å². The van der Waals surface area contributed by atoms with Crippen molar-refractivity contribution in [3.63, 3.8) is 0 Å². The van der Waals surface area contributed by atoms with Crippen LogP contribution < -0.4 is 10.1 Å². The Kier molecular flexibility index (Phi) is 8.38. The van der Waals surface area contributed by atoms with Crippen molar-refractivity contribution in [3.05, 3.63) is 253 Å². The highest BCUT2D eigenvalue weighted by atomic mass is 16.8. The van der Waals surface area contributed by atoms with Gasteiger partial charge in [-0.25, -0.2) is 4.98 Å². The summed E-state index contributed by atoms with van der Waals surface area (Å²) in [5.41, 5.74) is 12.1. The number of benzene rings is 8. The van der Waals surface area contributed by atoms with Gasteiger partial charge in [-0.3, -0.25) is 4.57 Å². The molecule has 11 rings (SSSR count). The molecule has 59 heavy (non-hydrogen) atoms. The Hall–Kier alpha value is -7.73. The molecule has 0 saturated heterocycles. The smallest absolute Gasteiger partial charge is 0.138 e. The van der Waals surface area contributed by atoms with Crippen molar-refractivity contribution < 1.29 is 4.94 Å². The zero-order valence-electron chi connectivity index (χ0n) is 32.1. The number of pyridine rings is 1. The van der Waals surface area contributed by atoms with Crippen LogP contribution in [0.4, 0.5) is 22.7 Å². The van der Waals surface area contributed by atoms with Gasteiger partial charge in [0.1, 0.15) is 5.82 Å². The van der Waals surface area contributed by atoms with E-state index >= 15 is 0 Å². The van der Waals surface area contributed by atoms with Crippen LogP contribution in [0, 0.1) is 0 Å². The van der Waals surface area contributed by atoms with Gasteiger partial charge in [0.2, 0.25) is 0 Å². The Labute approximate surface area is 343 Å². The van der Waals surface area contributed by atoms with E-state index in [4.69, 9.17) is 9.92 Å². The number of fused-ring (bicyclic) bond motifs is 4. The molecular weight excluding hydrogens is 721 g/mol. The fourth-order valence-electron chi connectivity index (χ4n) is 8.96. The predicted molar refractivity (Wildman–Crippen MR) is 241 cm³/mol. The number of para-hydroxylation sites is 4. The van der Waals surface area contributed by atoms with Crippen LogP contribution in [-0.4, -0.2) is 9.55 Å². The third kappa shape index (κ3) is 5.71. The summed E-state index contributed by atoms with van der Waals surface area (Å²) >= 11 is 0. The maximum Gasteiger partial charge on any atom is 0.138 e. The van der Waals surface area contributed by atoms with Gasteiger partial charge in [-0.05, 0) is 94.0 Å². The van der Waals surface area contributed by atoms with Crippen LogP contribution in [0.5, 0.6) is 0 Å². The molecule has 0 bridgehead atoms. The molecule has 0 unspecified atom stereocenters. The number of nitrogens with zero attached hydrogens (tertiary/aromatic N) is 4. The molecule has 8 aromatic carbocycles. The molecule has 5 heteroatoms. The molecule has 280 valence electrons. The van der Waals surface area contributed by atoms with Crippen molar-refractivity contribution in [1.29, 1.82) is 0 Å². The summed E-state index contributed by atoms with van der Waals surface area (Å²) < 4.78 is 2.32. The Morgan fingerprint density at radius 2 is 0.915 bits per heavy atom.